The molecular weight excluding hydrogens is 460 g/mol. The van der Waals surface area contributed by atoms with Crippen LogP contribution in [0.2, 0.25) is 0 Å². The van der Waals surface area contributed by atoms with Crippen molar-refractivity contribution in [1.82, 2.24) is 0 Å². The number of carbonyl (C=O) groups excluding carboxylic acids is 2. The Morgan fingerprint density at radius 1 is 0.917 bits per heavy atom. The monoisotopic (exact) mass is 486 g/mol. The van der Waals surface area contributed by atoms with Gasteiger partial charge in [0.1, 0.15) is 11.7 Å². The molecule has 8 heteroatoms. The molecule has 2 saturated heterocycles. The quantitative estimate of drug-likeness (QED) is 0.367. The van der Waals surface area contributed by atoms with Gasteiger partial charge in [-0.3, -0.25) is 14.4 Å². The molecule has 2 aliphatic heterocycles. The Bertz CT molecular complexity index is 1280. The topological polar surface area (TPSA) is 96.4 Å². The number of anilines is 2. The van der Waals surface area contributed by atoms with Gasteiger partial charge >= 0.3 is 5.97 Å². The van der Waals surface area contributed by atoms with E-state index >= 15 is 0 Å². The molecule has 184 valence electrons. The average Bonchev–Trinajstić information content (AvgIpc) is 3.41. The van der Waals surface area contributed by atoms with Gasteiger partial charge in [-0.05, 0) is 54.4 Å². The van der Waals surface area contributed by atoms with Gasteiger partial charge in [0.15, 0.2) is 6.10 Å². The van der Waals surface area contributed by atoms with Crippen LogP contribution in [0.4, 0.5) is 11.4 Å². The zero-order valence-corrected chi connectivity index (χ0v) is 19.7. The van der Waals surface area contributed by atoms with Crippen molar-refractivity contribution in [3.63, 3.8) is 0 Å². The SMILES string of the molecule is CCCCOc1ccc(N2C(=O)C3ON(c4ccccc4)C(c4ccccc4C(=O)O)C3C2=O)cc1. The summed E-state index contributed by atoms with van der Waals surface area (Å²) in [6.07, 6.45) is 0.872. The fourth-order valence-electron chi connectivity index (χ4n) is 4.76. The molecule has 2 amide bonds. The molecule has 8 nitrogen and oxygen atoms in total. The van der Waals surface area contributed by atoms with Gasteiger partial charge in [0.2, 0.25) is 5.91 Å². The summed E-state index contributed by atoms with van der Waals surface area (Å²) in [5.74, 6) is -2.30. The van der Waals surface area contributed by atoms with E-state index in [1.807, 2.05) is 18.2 Å². The third-order valence-corrected chi connectivity index (χ3v) is 6.50. The molecule has 3 aromatic rings. The van der Waals surface area contributed by atoms with Gasteiger partial charge in [-0.25, -0.2) is 14.8 Å². The highest BCUT2D eigenvalue weighted by atomic mass is 16.7. The van der Waals surface area contributed by atoms with Crippen LogP contribution < -0.4 is 14.7 Å². The normalized spacial score (nSPS) is 21.1. The lowest BCUT2D eigenvalue weighted by molar-refractivity contribution is -0.126. The molecule has 0 spiro atoms. The third kappa shape index (κ3) is 4.09. The van der Waals surface area contributed by atoms with Crippen LogP contribution in [0.15, 0.2) is 78.9 Å². The van der Waals surface area contributed by atoms with E-state index in [1.54, 1.807) is 54.6 Å². The van der Waals surface area contributed by atoms with E-state index in [-0.39, 0.29) is 5.56 Å². The van der Waals surface area contributed by atoms with Gasteiger partial charge < -0.3 is 9.84 Å². The molecule has 0 aliphatic carbocycles. The van der Waals surface area contributed by atoms with E-state index in [4.69, 9.17) is 9.57 Å². The molecule has 3 aromatic carbocycles. The van der Waals surface area contributed by atoms with E-state index in [0.717, 1.165) is 17.7 Å². The van der Waals surface area contributed by atoms with Crippen molar-refractivity contribution in [3.8, 4) is 5.75 Å². The molecule has 0 radical (unpaired) electrons. The Balaban J connectivity index is 1.51. The fraction of sp³-hybridized carbons (Fsp3) is 0.250. The maximum atomic E-state index is 13.8. The van der Waals surface area contributed by atoms with E-state index in [1.165, 1.54) is 11.1 Å². The number of ether oxygens (including phenoxy) is 1. The number of para-hydroxylation sites is 1. The number of imide groups is 1. The molecule has 2 fully saturated rings. The van der Waals surface area contributed by atoms with E-state index < -0.39 is 35.8 Å². The lowest BCUT2D eigenvalue weighted by Crippen LogP contribution is -2.37. The maximum absolute atomic E-state index is 13.8. The standard InChI is InChI=1S/C28H26N2O6/c1-2-3-17-35-20-15-13-18(14-16-20)29-26(31)23-24(21-11-7-8-12-22(21)28(33)34)30(36-25(23)27(29)32)19-9-5-4-6-10-19/h4-16,23-25H,2-3,17H2,1H3,(H,33,34). The Morgan fingerprint density at radius 2 is 1.61 bits per heavy atom. The number of fused-ring (bicyclic) bond motifs is 1. The smallest absolute Gasteiger partial charge is 0.336 e. The molecule has 0 aromatic heterocycles. The van der Waals surface area contributed by atoms with E-state index in [0.29, 0.717) is 29.3 Å². The summed E-state index contributed by atoms with van der Waals surface area (Å²) in [5, 5.41) is 11.3. The van der Waals surface area contributed by atoms with Crippen LogP contribution in [-0.4, -0.2) is 35.6 Å². The maximum Gasteiger partial charge on any atom is 0.336 e. The number of benzene rings is 3. The number of amides is 2. The minimum atomic E-state index is -1.12. The Morgan fingerprint density at radius 3 is 2.31 bits per heavy atom. The number of hydroxylamine groups is 1. The zero-order chi connectivity index (χ0) is 25.2. The molecule has 1 N–H and O–H groups in total. The summed E-state index contributed by atoms with van der Waals surface area (Å²) < 4.78 is 5.69. The van der Waals surface area contributed by atoms with Crippen molar-refractivity contribution < 1.29 is 29.1 Å². The minimum Gasteiger partial charge on any atom is -0.494 e. The highest BCUT2D eigenvalue weighted by molar-refractivity contribution is 6.24. The highest BCUT2D eigenvalue weighted by Crippen LogP contribution is 2.48. The number of hydrogen-bond acceptors (Lipinski definition) is 6. The molecule has 0 saturated carbocycles. The molecule has 3 unspecified atom stereocenters. The summed E-state index contributed by atoms with van der Waals surface area (Å²) in [6, 6.07) is 21.6. The van der Waals surface area contributed by atoms with Gasteiger partial charge in [-0.15, -0.1) is 0 Å². The van der Waals surface area contributed by atoms with Gasteiger partial charge in [-0.2, -0.15) is 0 Å². The summed E-state index contributed by atoms with van der Waals surface area (Å²) >= 11 is 0. The molecule has 3 atom stereocenters. The van der Waals surface area contributed by atoms with Crippen molar-refractivity contribution in [3.05, 3.63) is 90.0 Å². The summed E-state index contributed by atoms with van der Waals surface area (Å²) in [5.41, 5.74) is 1.50. The first-order chi connectivity index (χ1) is 17.5. The number of aromatic carboxylic acids is 1. The Kier molecular flexibility index (Phi) is 6.43. The molecule has 2 heterocycles. The van der Waals surface area contributed by atoms with Crippen LogP contribution in [0.3, 0.4) is 0 Å². The van der Waals surface area contributed by atoms with E-state index in [2.05, 4.69) is 6.92 Å². The van der Waals surface area contributed by atoms with E-state index in [9.17, 15) is 19.5 Å². The largest absolute Gasteiger partial charge is 0.494 e. The van der Waals surface area contributed by atoms with Crippen LogP contribution in [0.5, 0.6) is 5.75 Å². The van der Waals surface area contributed by atoms with Gasteiger partial charge in [-0.1, -0.05) is 49.7 Å². The van der Waals surface area contributed by atoms with Gasteiger partial charge in [0, 0.05) is 0 Å². The summed E-state index contributed by atoms with van der Waals surface area (Å²) in [7, 11) is 0. The number of hydrogen-bond donors (Lipinski definition) is 1. The average molecular weight is 487 g/mol. The predicted molar refractivity (Wildman–Crippen MR) is 133 cm³/mol. The molecule has 2 aliphatic rings. The number of carbonyl (C=O) groups is 3. The van der Waals surface area contributed by atoms with Crippen molar-refractivity contribution in [2.45, 2.75) is 31.9 Å². The third-order valence-electron chi connectivity index (χ3n) is 6.50. The number of carboxylic acids is 1. The van der Waals surface area contributed by atoms with Crippen molar-refractivity contribution in [2.75, 3.05) is 16.6 Å². The van der Waals surface area contributed by atoms with Crippen LogP contribution in [-0.2, 0) is 14.4 Å². The predicted octanol–water partition coefficient (Wildman–Crippen LogP) is 4.61. The first-order valence-corrected chi connectivity index (χ1v) is 11.9. The first-order valence-electron chi connectivity index (χ1n) is 11.9. The molecule has 0 bridgehead atoms. The summed E-state index contributed by atoms with van der Waals surface area (Å²) in [4.78, 5) is 46.5. The summed E-state index contributed by atoms with van der Waals surface area (Å²) in [6.45, 7) is 2.67. The lowest BCUT2D eigenvalue weighted by Gasteiger charge is -2.29. The molecule has 5 rings (SSSR count). The van der Waals surface area contributed by atoms with Crippen LogP contribution in [0, 0.1) is 5.92 Å². The number of rotatable bonds is 8. The molecular formula is C28H26N2O6. The van der Waals surface area contributed by atoms with Crippen LogP contribution in [0.25, 0.3) is 0 Å². The van der Waals surface area contributed by atoms with Crippen LogP contribution in [0.1, 0.15) is 41.7 Å². The van der Waals surface area contributed by atoms with Gasteiger partial charge in [0.05, 0.1) is 29.6 Å². The fourth-order valence-corrected chi connectivity index (χ4v) is 4.76. The van der Waals surface area contributed by atoms with Crippen LogP contribution >= 0.6 is 0 Å². The van der Waals surface area contributed by atoms with Crippen molar-refractivity contribution in [1.29, 1.82) is 0 Å². The van der Waals surface area contributed by atoms with Crippen molar-refractivity contribution in [2.24, 2.45) is 5.92 Å². The molecule has 36 heavy (non-hydrogen) atoms. The zero-order valence-electron chi connectivity index (χ0n) is 19.7. The van der Waals surface area contributed by atoms with Crippen molar-refractivity contribution >= 4 is 29.2 Å². The highest BCUT2D eigenvalue weighted by Gasteiger charge is 2.60. The Labute approximate surface area is 208 Å². The van der Waals surface area contributed by atoms with Gasteiger partial charge in [0.25, 0.3) is 5.91 Å². The second-order valence-corrected chi connectivity index (χ2v) is 8.76. The minimum absolute atomic E-state index is 0.0555. The number of carboxylic acid groups (broad SMARTS) is 1. The second kappa shape index (κ2) is 9.83. The second-order valence-electron chi connectivity index (χ2n) is 8.76. The number of nitrogens with zero attached hydrogens (tertiary/aromatic N) is 2. The Hall–Kier alpha value is -4.17. The first kappa shape index (κ1) is 23.6. The lowest BCUT2D eigenvalue weighted by atomic mass is 9.88. The number of unbranched alkanes of at least 4 members (excludes halogenated alkanes) is 1.